The molecule has 2 aromatic rings. The number of anilines is 2. The van der Waals surface area contributed by atoms with Crippen molar-refractivity contribution in [1.82, 2.24) is 9.55 Å². The summed E-state index contributed by atoms with van der Waals surface area (Å²) >= 11 is 0. The Morgan fingerprint density at radius 3 is 2.96 bits per heavy atom. The van der Waals surface area contributed by atoms with E-state index in [4.69, 9.17) is 16.6 Å². The molecule has 0 fully saturated rings. The fraction of sp³-hybridized carbons (Fsp3) is 0.150. The third-order valence-corrected chi connectivity index (χ3v) is 4.08. The Labute approximate surface area is 158 Å². The lowest BCUT2D eigenvalue weighted by Gasteiger charge is -2.13. The fourth-order valence-electron chi connectivity index (χ4n) is 2.88. The van der Waals surface area contributed by atoms with Gasteiger partial charge in [-0.1, -0.05) is 24.3 Å². The molecule has 3 rings (SSSR count). The monoisotopic (exact) mass is 361 g/mol. The number of nitrogens with zero attached hydrogens (tertiary/aromatic N) is 4. The molecular weight excluding hydrogens is 338 g/mol. The van der Waals surface area contributed by atoms with Crippen molar-refractivity contribution in [2.24, 2.45) is 28.7 Å². The molecule has 0 amide bonds. The summed E-state index contributed by atoms with van der Waals surface area (Å²) in [5.74, 6) is 5.90. The summed E-state index contributed by atoms with van der Waals surface area (Å²) in [6, 6.07) is 7.74. The maximum Gasteiger partial charge on any atom is 0.174 e. The standard InChI is InChI=1S/C20H23N7/c1-23-20-19(25-17-9-5-6-14(10-17)12-24-22)26-18(13-27(20)2)15-7-3-4-8-16(21)11-15/h4-13H,3,21-22H2,1-2H3,(H,25,26)/b23-20?,24-12-. The van der Waals surface area contributed by atoms with Crippen LogP contribution in [0.2, 0.25) is 0 Å². The van der Waals surface area contributed by atoms with Crippen molar-refractivity contribution in [2.45, 2.75) is 6.42 Å². The molecular formula is C20H23N7. The summed E-state index contributed by atoms with van der Waals surface area (Å²) in [6.45, 7) is 0. The Hall–Kier alpha value is -3.61. The van der Waals surface area contributed by atoms with Gasteiger partial charge in [0.15, 0.2) is 11.3 Å². The molecule has 27 heavy (non-hydrogen) atoms. The molecule has 0 unspecified atom stereocenters. The van der Waals surface area contributed by atoms with Crippen LogP contribution in [-0.4, -0.2) is 22.8 Å². The summed E-state index contributed by atoms with van der Waals surface area (Å²) in [7, 11) is 3.69. The molecule has 0 bridgehead atoms. The van der Waals surface area contributed by atoms with Gasteiger partial charge in [-0.3, -0.25) is 4.99 Å². The van der Waals surface area contributed by atoms with Gasteiger partial charge in [0.25, 0.3) is 0 Å². The van der Waals surface area contributed by atoms with E-state index in [2.05, 4.69) is 21.5 Å². The molecule has 0 radical (unpaired) electrons. The average molecular weight is 361 g/mol. The van der Waals surface area contributed by atoms with E-state index in [0.29, 0.717) is 11.5 Å². The molecule has 7 heteroatoms. The number of allylic oxidation sites excluding steroid dienone is 5. The molecule has 0 aliphatic heterocycles. The molecule has 1 heterocycles. The first-order chi connectivity index (χ1) is 13.1. The lowest BCUT2D eigenvalue weighted by molar-refractivity contribution is 0.810. The van der Waals surface area contributed by atoms with Gasteiger partial charge < -0.3 is 21.5 Å². The van der Waals surface area contributed by atoms with Crippen LogP contribution in [0.5, 0.6) is 0 Å². The zero-order valence-electron chi connectivity index (χ0n) is 15.4. The second-order valence-electron chi connectivity index (χ2n) is 6.10. The van der Waals surface area contributed by atoms with Gasteiger partial charge in [-0.15, -0.1) is 0 Å². The second kappa shape index (κ2) is 8.18. The summed E-state index contributed by atoms with van der Waals surface area (Å²) in [6.07, 6.45) is 12.3. The molecule has 5 N–H and O–H groups in total. The van der Waals surface area contributed by atoms with E-state index < -0.39 is 0 Å². The van der Waals surface area contributed by atoms with Crippen LogP contribution in [-0.2, 0) is 7.05 Å². The van der Waals surface area contributed by atoms with Gasteiger partial charge in [-0.25, -0.2) is 4.98 Å². The van der Waals surface area contributed by atoms with Crippen LogP contribution in [0.15, 0.2) is 70.6 Å². The highest BCUT2D eigenvalue weighted by molar-refractivity contribution is 5.81. The number of nitrogens with two attached hydrogens (primary N) is 2. The highest BCUT2D eigenvalue weighted by atomic mass is 15.1. The molecule has 0 atom stereocenters. The Kier molecular flexibility index (Phi) is 5.51. The Balaban J connectivity index is 2.05. The van der Waals surface area contributed by atoms with Gasteiger partial charge in [0, 0.05) is 37.2 Å². The molecule has 0 saturated heterocycles. The lowest BCUT2D eigenvalue weighted by Crippen LogP contribution is -2.23. The van der Waals surface area contributed by atoms with Crippen molar-refractivity contribution in [2.75, 3.05) is 12.4 Å². The first-order valence-electron chi connectivity index (χ1n) is 8.56. The third kappa shape index (κ3) is 4.33. The van der Waals surface area contributed by atoms with Crippen molar-refractivity contribution in [3.05, 3.63) is 77.2 Å². The Morgan fingerprint density at radius 1 is 1.33 bits per heavy atom. The zero-order valence-corrected chi connectivity index (χ0v) is 15.4. The van der Waals surface area contributed by atoms with E-state index in [0.717, 1.165) is 34.4 Å². The van der Waals surface area contributed by atoms with Gasteiger partial charge in [-0.05, 0) is 36.3 Å². The first kappa shape index (κ1) is 18.2. The summed E-state index contributed by atoms with van der Waals surface area (Å²) in [5.41, 5.74) is 11.0. The van der Waals surface area contributed by atoms with E-state index >= 15 is 0 Å². The normalized spacial score (nSPS) is 14.8. The number of rotatable bonds is 4. The molecule has 0 spiro atoms. The molecule has 138 valence electrons. The zero-order chi connectivity index (χ0) is 19.2. The molecule has 1 aliphatic carbocycles. The largest absolute Gasteiger partial charge is 0.399 e. The third-order valence-electron chi connectivity index (χ3n) is 4.08. The molecule has 0 saturated carbocycles. The maximum atomic E-state index is 6.01. The Bertz CT molecular complexity index is 1020. The van der Waals surface area contributed by atoms with Gasteiger partial charge in [0.2, 0.25) is 0 Å². The maximum absolute atomic E-state index is 6.01. The SMILES string of the molecule is CN=c1c(Nc2cccc(/C=N\N)c2)nc(C2=CCC=CC(N)=C2)cn1C. The van der Waals surface area contributed by atoms with Crippen molar-refractivity contribution in [3.8, 4) is 0 Å². The highest BCUT2D eigenvalue weighted by Crippen LogP contribution is 2.20. The molecule has 1 aromatic carbocycles. The summed E-state index contributed by atoms with van der Waals surface area (Å²) < 4.78 is 1.94. The van der Waals surface area contributed by atoms with Gasteiger partial charge in [-0.2, -0.15) is 5.10 Å². The highest BCUT2D eigenvalue weighted by Gasteiger charge is 2.09. The van der Waals surface area contributed by atoms with Gasteiger partial charge in [0.1, 0.15) is 0 Å². The number of aryl methyl sites for hydroxylation is 1. The van der Waals surface area contributed by atoms with Crippen LogP contribution < -0.4 is 22.4 Å². The van der Waals surface area contributed by atoms with E-state index in [-0.39, 0.29) is 0 Å². The smallest absolute Gasteiger partial charge is 0.174 e. The minimum atomic E-state index is 0.657. The summed E-state index contributed by atoms with van der Waals surface area (Å²) in [4.78, 5) is 9.16. The van der Waals surface area contributed by atoms with Crippen molar-refractivity contribution >= 4 is 23.3 Å². The van der Waals surface area contributed by atoms with Crippen molar-refractivity contribution in [1.29, 1.82) is 0 Å². The number of aromatic nitrogens is 2. The number of benzene rings is 1. The van der Waals surface area contributed by atoms with Crippen molar-refractivity contribution < 1.29 is 0 Å². The van der Waals surface area contributed by atoms with Crippen LogP contribution in [0.25, 0.3) is 5.57 Å². The first-order valence-corrected chi connectivity index (χ1v) is 8.56. The fourth-order valence-corrected chi connectivity index (χ4v) is 2.88. The topological polar surface area (TPSA) is 107 Å². The number of hydrazone groups is 1. The van der Waals surface area contributed by atoms with E-state index in [1.54, 1.807) is 13.3 Å². The van der Waals surface area contributed by atoms with Gasteiger partial charge >= 0.3 is 0 Å². The van der Waals surface area contributed by atoms with Gasteiger partial charge in [0.05, 0.1) is 11.9 Å². The molecule has 1 aromatic heterocycles. The number of hydrogen-bond acceptors (Lipinski definition) is 6. The van der Waals surface area contributed by atoms with Crippen LogP contribution in [0.3, 0.4) is 0 Å². The lowest BCUT2D eigenvalue weighted by atomic mass is 10.1. The van der Waals surface area contributed by atoms with E-state index in [9.17, 15) is 0 Å². The quantitative estimate of drug-likeness (QED) is 0.441. The Morgan fingerprint density at radius 2 is 2.19 bits per heavy atom. The number of nitrogens with one attached hydrogen (secondary N) is 1. The average Bonchev–Trinajstić information content (AvgIpc) is 2.86. The molecule has 7 nitrogen and oxygen atoms in total. The van der Waals surface area contributed by atoms with Crippen LogP contribution in [0.1, 0.15) is 17.7 Å². The minimum absolute atomic E-state index is 0.657. The molecule has 1 aliphatic rings. The van der Waals surface area contributed by atoms with E-state index in [1.807, 2.05) is 60.3 Å². The van der Waals surface area contributed by atoms with Crippen LogP contribution in [0, 0.1) is 0 Å². The van der Waals surface area contributed by atoms with Crippen LogP contribution in [0.4, 0.5) is 11.5 Å². The minimum Gasteiger partial charge on any atom is -0.399 e. The summed E-state index contributed by atoms with van der Waals surface area (Å²) in [5, 5.41) is 6.92. The number of hydrogen-bond donors (Lipinski definition) is 3. The predicted octanol–water partition coefficient (Wildman–Crippen LogP) is 2.17. The van der Waals surface area contributed by atoms with Crippen LogP contribution >= 0.6 is 0 Å². The predicted molar refractivity (Wildman–Crippen MR) is 110 cm³/mol. The second-order valence-corrected chi connectivity index (χ2v) is 6.10. The van der Waals surface area contributed by atoms with E-state index in [1.165, 1.54) is 0 Å². The van der Waals surface area contributed by atoms with Crippen molar-refractivity contribution in [3.63, 3.8) is 0 Å².